The molecule has 0 amide bonds. The number of rotatable bonds is 66. The van der Waals surface area contributed by atoms with Gasteiger partial charge < -0.3 is 25.3 Å². The second kappa shape index (κ2) is 68.1. The molecular weight excluding hydrogens is 1030 g/mol. The molecule has 7 heteroatoms. The van der Waals surface area contributed by atoms with Crippen LogP contribution in [-0.2, 0) is 0 Å². The van der Waals surface area contributed by atoms with Crippen molar-refractivity contribution in [2.45, 2.75) is 335 Å². The zero-order valence-electron chi connectivity index (χ0n) is 56.4. The largest absolute Gasteiger partial charge is 0.392 e. The van der Waals surface area contributed by atoms with Gasteiger partial charge in [0.2, 0.25) is 0 Å². The molecule has 84 heavy (non-hydrogen) atoms. The van der Waals surface area contributed by atoms with E-state index in [4.69, 9.17) is 0 Å². The predicted octanol–water partition coefficient (Wildman–Crippen LogP) is 20.7. The highest BCUT2D eigenvalue weighted by Crippen LogP contribution is 2.17. The van der Waals surface area contributed by atoms with Crippen molar-refractivity contribution in [1.82, 2.24) is 14.7 Å². The van der Waals surface area contributed by atoms with Crippen molar-refractivity contribution in [3.63, 3.8) is 0 Å². The molecule has 0 aliphatic rings. The number of hydrogen-bond donors (Lipinski definition) is 4. The van der Waals surface area contributed by atoms with E-state index >= 15 is 0 Å². The number of unbranched alkanes of at least 4 members (excludes halogenated alkanes) is 28. The molecule has 490 valence electrons. The third-order valence-electron chi connectivity index (χ3n) is 16.3. The fraction of sp³-hybridized carbons (Fsp3) is 0.792. The number of likely N-dealkylation sites (N-methyl/N-ethyl adjacent to an activating group) is 1. The Bertz CT molecular complexity index is 1340. The van der Waals surface area contributed by atoms with Crippen LogP contribution in [0.25, 0.3) is 0 Å². The number of hydrogen-bond acceptors (Lipinski definition) is 7. The number of aliphatic hydroxyl groups is 4. The van der Waals surface area contributed by atoms with Crippen LogP contribution in [0.15, 0.2) is 97.2 Å². The molecule has 0 spiro atoms. The molecule has 4 atom stereocenters. The van der Waals surface area contributed by atoms with Gasteiger partial charge in [0.25, 0.3) is 0 Å². The van der Waals surface area contributed by atoms with E-state index in [0.29, 0.717) is 26.2 Å². The van der Waals surface area contributed by atoms with Gasteiger partial charge in [-0.1, -0.05) is 279 Å². The first-order chi connectivity index (χ1) is 41.2. The monoisotopic (exact) mass is 1170 g/mol. The summed E-state index contributed by atoms with van der Waals surface area (Å²) in [5.74, 6) is 0. The maximum atomic E-state index is 11.4. The van der Waals surface area contributed by atoms with Gasteiger partial charge in [0.1, 0.15) is 0 Å². The minimum Gasteiger partial charge on any atom is -0.392 e. The van der Waals surface area contributed by atoms with Crippen molar-refractivity contribution in [2.75, 3.05) is 59.4 Å². The van der Waals surface area contributed by atoms with E-state index in [2.05, 4.69) is 147 Å². The molecule has 4 N–H and O–H groups in total. The molecule has 0 saturated carbocycles. The second-order valence-corrected chi connectivity index (χ2v) is 25.1. The van der Waals surface area contributed by atoms with Gasteiger partial charge in [-0.3, -0.25) is 9.80 Å². The quantitative estimate of drug-likeness (QED) is 0.0356. The zero-order valence-corrected chi connectivity index (χ0v) is 56.4. The first-order valence-electron chi connectivity index (χ1n) is 36.3. The molecule has 0 aromatic heterocycles. The standard InChI is InChI=1S/C77H143N3O4/c1-6-10-14-18-22-26-30-34-38-42-46-50-54-58-62-74(81)70-79(71-75(82)63-59-55-51-47-43-39-35-31-27-23-19-15-11-7-2)68-66-78(5)67-69-80(72-76(83)64-60-56-52-48-44-40-36-32-28-24-20-16-12-8-3)73-77(84)65-61-57-53-49-45-41-37-33-29-25-21-17-13-9-4/h14-21,26-33,74-77,81-84H,6-13,22-25,34-73H2,1-5H3/b18-14-,19-15-,20-16-,21-17-,30-26-,31-27-,32-28-,33-29-. The third kappa shape index (κ3) is 64.1. The highest BCUT2D eigenvalue weighted by molar-refractivity contribution is 4.95. The Hall–Kier alpha value is -2.36. The lowest BCUT2D eigenvalue weighted by molar-refractivity contribution is 0.0492. The fourth-order valence-electron chi connectivity index (χ4n) is 10.9. The first-order valence-corrected chi connectivity index (χ1v) is 36.3. The molecule has 7 nitrogen and oxygen atoms in total. The van der Waals surface area contributed by atoms with Crippen LogP contribution in [0.2, 0.25) is 0 Å². The summed E-state index contributed by atoms with van der Waals surface area (Å²) in [6.07, 6.45) is 86.0. The van der Waals surface area contributed by atoms with Crippen molar-refractivity contribution in [2.24, 2.45) is 0 Å². The Morgan fingerprint density at radius 3 is 0.643 bits per heavy atom. The fourth-order valence-corrected chi connectivity index (χ4v) is 10.9. The highest BCUT2D eigenvalue weighted by Gasteiger charge is 2.19. The van der Waals surface area contributed by atoms with Gasteiger partial charge in [-0.2, -0.15) is 0 Å². The average Bonchev–Trinajstić information content (AvgIpc) is 3.48. The summed E-state index contributed by atoms with van der Waals surface area (Å²) in [7, 11) is 2.19. The lowest BCUT2D eigenvalue weighted by atomic mass is 10.0. The van der Waals surface area contributed by atoms with Crippen LogP contribution in [-0.4, -0.2) is 119 Å². The van der Waals surface area contributed by atoms with Gasteiger partial charge in [-0.25, -0.2) is 0 Å². The maximum absolute atomic E-state index is 11.4. The maximum Gasteiger partial charge on any atom is 0.0667 e. The van der Waals surface area contributed by atoms with Crippen LogP contribution in [0.3, 0.4) is 0 Å². The predicted molar refractivity (Wildman–Crippen MR) is 373 cm³/mol. The van der Waals surface area contributed by atoms with E-state index in [9.17, 15) is 20.4 Å². The molecule has 0 aliphatic carbocycles. The molecular formula is C77H143N3O4. The Kier molecular flexibility index (Phi) is 66.2. The molecule has 0 aliphatic heterocycles. The van der Waals surface area contributed by atoms with Gasteiger partial charge in [-0.05, 0) is 135 Å². The van der Waals surface area contributed by atoms with Gasteiger partial charge >= 0.3 is 0 Å². The lowest BCUT2D eigenvalue weighted by Crippen LogP contribution is -2.44. The molecule has 0 heterocycles. The number of nitrogens with zero attached hydrogens (tertiary/aromatic N) is 3. The van der Waals surface area contributed by atoms with Crippen molar-refractivity contribution in [3.05, 3.63) is 97.2 Å². The van der Waals surface area contributed by atoms with Gasteiger partial charge in [0, 0.05) is 52.4 Å². The average molecular weight is 1180 g/mol. The second-order valence-electron chi connectivity index (χ2n) is 25.1. The Morgan fingerprint density at radius 1 is 0.238 bits per heavy atom. The van der Waals surface area contributed by atoms with Crippen LogP contribution in [0, 0.1) is 0 Å². The van der Waals surface area contributed by atoms with Gasteiger partial charge in [0.05, 0.1) is 24.4 Å². The third-order valence-corrected chi connectivity index (χ3v) is 16.3. The summed E-state index contributed by atoms with van der Waals surface area (Å²) >= 11 is 0. The number of aliphatic hydroxyl groups excluding tert-OH is 4. The van der Waals surface area contributed by atoms with Gasteiger partial charge in [-0.15, -0.1) is 0 Å². The van der Waals surface area contributed by atoms with E-state index in [1.807, 2.05) is 0 Å². The van der Waals surface area contributed by atoms with Crippen LogP contribution >= 0.6 is 0 Å². The minimum atomic E-state index is -0.393. The summed E-state index contributed by atoms with van der Waals surface area (Å²) in [4.78, 5) is 7.03. The topological polar surface area (TPSA) is 90.6 Å². The normalized spacial score (nSPS) is 14.3. The molecule has 0 fully saturated rings. The van der Waals surface area contributed by atoms with Crippen molar-refractivity contribution in [3.8, 4) is 0 Å². The van der Waals surface area contributed by atoms with E-state index in [0.717, 1.165) is 103 Å². The van der Waals surface area contributed by atoms with Crippen LogP contribution in [0.4, 0.5) is 0 Å². The van der Waals surface area contributed by atoms with Crippen molar-refractivity contribution >= 4 is 0 Å². The summed E-state index contributed by atoms with van der Waals surface area (Å²) in [6.45, 7) is 14.6. The lowest BCUT2D eigenvalue weighted by Gasteiger charge is -2.31. The Labute approximate surface area is 523 Å². The zero-order chi connectivity index (χ0) is 61.1. The summed E-state index contributed by atoms with van der Waals surface area (Å²) in [5.41, 5.74) is 0. The molecule has 0 aromatic carbocycles. The Balaban J connectivity index is 5.32. The molecule has 0 radical (unpaired) electrons. The van der Waals surface area contributed by atoms with Gasteiger partial charge in [0.15, 0.2) is 0 Å². The highest BCUT2D eigenvalue weighted by atomic mass is 16.3. The smallest absolute Gasteiger partial charge is 0.0667 e. The Morgan fingerprint density at radius 2 is 0.429 bits per heavy atom. The molecule has 0 saturated heterocycles. The molecule has 0 aromatic rings. The van der Waals surface area contributed by atoms with Crippen molar-refractivity contribution < 1.29 is 20.4 Å². The number of allylic oxidation sites excluding steroid dienone is 16. The summed E-state index contributed by atoms with van der Waals surface area (Å²) in [5, 5.41) is 45.5. The van der Waals surface area contributed by atoms with Crippen molar-refractivity contribution in [1.29, 1.82) is 0 Å². The van der Waals surface area contributed by atoms with E-state index in [1.165, 1.54) is 205 Å². The van der Waals surface area contributed by atoms with Crippen LogP contribution < -0.4 is 0 Å². The minimum absolute atomic E-state index is 0.393. The van der Waals surface area contributed by atoms with Crippen LogP contribution in [0.5, 0.6) is 0 Å². The summed E-state index contributed by atoms with van der Waals surface area (Å²) in [6, 6.07) is 0. The van der Waals surface area contributed by atoms with E-state index in [-0.39, 0.29) is 0 Å². The molecule has 0 bridgehead atoms. The van der Waals surface area contributed by atoms with E-state index < -0.39 is 24.4 Å². The molecule has 4 unspecified atom stereocenters. The van der Waals surface area contributed by atoms with E-state index in [1.54, 1.807) is 0 Å². The first kappa shape index (κ1) is 81.6. The SMILES string of the molecule is CCC/C=C\C/C=C\CCCCCCCCC(O)CN(CCN(C)CCN(CC(O)CCCCCCCC/C=C\C/C=C\CCC)CC(O)CCCCCCCC/C=C\C/C=C\CCC)CC(O)CCCCCCCC/C=C\C/C=C\CCC. The summed E-state index contributed by atoms with van der Waals surface area (Å²) < 4.78 is 0. The van der Waals surface area contributed by atoms with Crippen LogP contribution in [0.1, 0.15) is 310 Å². The molecule has 0 rings (SSSR count).